The van der Waals surface area contributed by atoms with Crippen LogP contribution in [0.2, 0.25) is 0 Å². The zero-order valence-electron chi connectivity index (χ0n) is 11.4. The Labute approximate surface area is 108 Å². The molecule has 1 aromatic rings. The molecule has 0 saturated heterocycles. The number of hydrogen-bond acceptors (Lipinski definition) is 4. The van der Waals surface area contributed by atoms with Crippen LogP contribution >= 0.6 is 0 Å². The summed E-state index contributed by atoms with van der Waals surface area (Å²) < 4.78 is 9.87. The molecule has 0 aliphatic carbocycles. The van der Waals surface area contributed by atoms with Crippen molar-refractivity contribution < 1.29 is 14.3 Å². The first kappa shape index (κ1) is 14.5. The monoisotopic (exact) mass is 251 g/mol. The van der Waals surface area contributed by atoms with Crippen molar-refractivity contribution in [2.75, 3.05) is 14.2 Å². The van der Waals surface area contributed by atoms with Gasteiger partial charge in [0.1, 0.15) is 11.8 Å². The van der Waals surface area contributed by atoms with Crippen LogP contribution in [-0.4, -0.2) is 26.2 Å². The van der Waals surface area contributed by atoms with E-state index in [4.69, 9.17) is 10.5 Å². The van der Waals surface area contributed by atoms with E-state index in [9.17, 15) is 4.79 Å². The molecule has 0 radical (unpaired) electrons. The van der Waals surface area contributed by atoms with E-state index in [1.165, 1.54) is 12.7 Å². The Morgan fingerprint density at radius 3 is 2.50 bits per heavy atom. The molecular weight excluding hydrogens is 230 g/mol. The Balaban J connectivity index is 2.74. The number of hydrogen-bond donors (Lipinski definition) is 1. The number of carbonyl (C=O) groups excluding carboxylic acids is 1. The van der Waals surface area contributed by atoms with E-state index < -0.39 is 6.04 Å². The standard InChI is InChI=1S/C14H21NO3/c1-9-8-13(17-3)10(2)7-11(9)5-6-12(15)14(16)18-4/h7-8,12H,5-6,15H2,1-4H3. The molecule has 1 atom stereocenters. The molecular formula is C14H21NO3. The second-order valence-electron chi connectivity index (χ2n) is 4.42. The number of aryl methyl sites for hydroxylation is 3. The van der Waals surface area contributed by atoms with E-state index in [0.29, 0.717) is 6.42 Å². The van der Waals surface area contributed by atoms with Gasteiger partial charge in [0, 0.05) is 0 Å². The normalized spacial score (nSPS) is 12.1. The molecule has 0 heterocycles. The molecule has 4 nitrogen and oxygen atoms in total. The molecule has 0 aliphatic heterocycles. The fourth-order valence-corrected chi connectivity index (χ4v) is 1.92. The van der Waals surface area contributed by atoms with Crippen LogP contribution in [0, 0.1) is 13.8 Å². The van der Waals surface area contributed by atoms with E-state index in [-0.39, 0.29) is 5.97 Å². The van der Waals surface area contributed by atoms with Gasteiger partial charge in [0.05, 0.1) is 14.2 Å². The molecule has 0 spiro atoms. The van der Waals surface area contributed by atoms with Gasteiger partial charge in [0.2, 0.25) is 0 Å². The van der Waals surface area contributed by atoms with Gasteiger partial charge in [0.25, 0.3) is 0 Å². The lowest BCUT2D eigenvalue weighted by Crippen LogP contribution is -2.32. The van der Waals surface area contributed by atoms with Crippen molar-refractivity contribution in [3.05, 3.63) is 28.8 Å². The number of carbonyl (C=O) groups is 1. The van der Waals surface area contributed by atoms with Crippen molar-refractivity contribution in [2.24, 2.45) is 5.73 Å². The Morgan fingerprint density at radius 1 is 1.28 bits per heavy atom. The highest BCUT2D eigenvalue weighted by Crippen LogP contribution is 2.23. The van der Waals surface area contributed by atoms with E-state index in [2.05, 4.69) is 10.8 Å². The first-order valence-electron chi connectivity index (χ1n) is 5.97. The Morgan fingerprint density at radius 2 is 1.94 bits per heavy atom. The van der Waals surface area contributed by atoms with Crippen LogP contribution in [-0.2, 0) is 16.0 Å². The molecule has 0 saturated carbocycles. The van der Waals surface area contributed by atoms with Crippen molar-refractivity contribution in [1.29, 1.82) is 0 Å². The predicted molar refractivity (Wildman–Crippen MR) is 70.8 cm³/mol. The maximum absolute atomic E-state index is 11.2. The first-order chi connectivity index (χ1) is 8.49. The lowest BCUT2D eigenvalue weighted by atomic mass is 9.98. The van der Waals surface area contributed by atoms with Gasteiger partial charge in [-0.15, -0.1) is 0 Å². The summed E-state index contributed by atoms with van der Waals surface area (Å²) in [6.45, 7) is 4.03. The highest BCUT2D eigenvalue weighted by molar-refractivity contribution is 5.75. The molecule has 0 aliphatic rings. The predicted octanol–water partition coefficient (Wildman–Crippen LogP) is 1.74. The minimum absolute atomic E-state index is 0.363. The second-order valence-corrected chi connectivity index (χ2v) is 4.42. The maximum Gasteiger partial charge on any atom is 0.322 e. The highest BCUT2D eigenvalue weighted by atomic mass is 16.5. The fourth-order valence-electron chi connectivity index (χ4n) is 1.92. The summed E-state index contributed by atoms with van der Waals surface area (Å²) in [4.78, 5) is 11.2. The maximum atomic E-state index is 11.2. The highest BCUT2D eigenvalue weighted by Gasteiger charge is 2.14. The quantitative estimate of drug-likeness (QED) is 0.810. The van der Waals surface area contributed by atoms with Crippen LogP contribution in [0.3, 0.4) is 0 Å². The van der Waals surface area contributed by atoms with Crippen molar-refractivity contribution in [3.63, 3.8) is 0 Å². The summed E-state index contributed by atoms with van der Waals surface area (Å²) in [6, 6.07) is 3.53. The third-order valence-electron chi connectivity index (χ3n) is 3.08. The molecule has 2 N–H and O–H groups in total. The van der Waals surface area contributed by atoms with Gasteiger partial charge in [-0.05, 0) is 49.4 Å². The van der Waals surface area contributed by atoms with E-state index >= 15 is 0 Å². The zero-order valence-corrected chi connectivity index (χ0v) is 11.4. The largest absolute Gasteiger partial charge is 0.496 e. The molecule has 4 heteroatoms. The van der Waals surface area contributed by atoms with Gasteiger partial charge in [-0.3, -0.25) is 4.79 Å². The van der Waals surface area contributed by atoms with Gasteiger partial charge < -0.3 is 15.2 Å². The van der Waals surface area contributed by atoms with Crippen molar-refractivity contribution in [3.8, 4) is 5.75 Å². The molecule has 0 amide bonds. The van der Waals surface area contributed by atoms with Gasteiger partial charge >= 0.3 is 5.97 Å². The van der Waals surface area contributed by atoms with Crippen LogP contribution in [0.1, 0.15) is 23.1 Å². The van der Waals surface area contributed by atoms with E-state index in [1.807, 2.05) is 19.9 Å². The topological polar surface area (TPSA) is 61.5 Å². The zero-order chi connectivity index (χ0) is 13.7. The molecule has 1 aromatic carbocycles. The molecule has 100 valence electrons. The average Bonchev–Trinajstić information content (AvgIpc) is 2.37. The van der Waals surface area contributed by atoms with Gasteiger partial charge in [-0.1, -0.05) is 6.07 Å². The van der Waals surface area contributed by atoms with Crippen LogP contribution in [0.25, 0.3) is 0 Å². The number of esters is 1. The first-order valence-corrected chi connectivity index (χ1v) is 5.97. The number of ether oxygens (including phenoxy) is 2. The summed E-state index contributed by atoms with van der Waals surface area (Å²) in [5.74, 6) is 0.520. The van der Waals surface area contributed by atoms with E-state index in [0.717, 1.165) is 23.3 Å². The Bertz CT molecular complexity index is 429. The van der Waals surface area contributed by atoms with Crippen molar-refractivity contribution in [2.45, 2.75) is 32.7 Å². The third-order valence-corrected chi connectivity index (χ3v) is 3.08. The molecule has 1 unspecified atom stereocenters. The van der Waals surface area contributed by atoms with Crippen molar-refractivity contribution >= 4 is 5.97 Å². The number of nitrogens with two attached hydrogens (primary N) is 1. The molecule has 0 fully saturated rings. The van der Waals surface area contributed by atoms with Crippen LogP contribution in [0.15, 0.2) is 12.1 Å². The van der Waals surface area contributed by atoms with Crippen LogP contribution < -0.4 is 10.5 Å². The SMILES string of the molecule is COC(=O)C(N)CCc1cc(C)c(OC)cc1C. The number of rotatable bonds is 5. The Hall–Kier alpha value is -1.55. The van der Waals surface area contributed by atoms with Crippen molar-refractivity contribution in [1.82, 2.24) is 0 Å². The lowest BCUT2D eigenvalue weighted by Gasteiger charge is -2.13. The fraction of sp³-hybridized carbons (Fsp3) is 0.500. The smallest absolute Gasteiger partial charge is 0.322 e. The van der Waals surface area contributed by atoms with Gasteiger partial charge in [-0.25, -0.2) is 0 Å². The van der Waals surface area contributed by atoms with Crippen LogP contribution in [0.4, 0.5) is 0 Å². The average molecular weight is 251 g/mol. The molecule has 0 bridgehead atoms. The second kappa shape index (κ2) is 6.40. The lowest BCUT2D eigenvalue weighted by molar-refractivity contribution is -0.142. The summed E-state index contributed by atoms with van der Waals surface area (Å²) in [5, 5.41) is 0. The van der Waals surface area contributed by atoms with E-state index in [1.54, 1.807) is 7.11 Å². The number of benzene rings is 1. The number of methoxy groups -OCH3 is 2. The summed E-state index contributed by atoms with van der Waals surface area (Å²) in [6.07, 6.45) is 1.34. The summed E-state index contributed by atoms with van der Waals surface area (Å²) >= 11 is 0. The van der Waals surface area contributed by atoms with Crippen LogP contribution in [0.5, 0.6) is 5.75 Å². The third kappa shape index (κ3) is 3.47. The van der Waals surface area contributed by atoms with Gasteiger partial charge in [-0.2, -0.15) is 0 Å². The summed E-state index contributed by atoms with van der Waals surface area (Å²) in [5.41, 5.74) is 9.14. The molecule has 0 aromatic heterocycles. The Kier molecular flexibility index (Phi) is 5.16. The van der Waals surface area contributed by atoms with Gasteiger partial charge in [0.15, 0.2) is 0 Å². The molecule has 18 heavy (non-hydrogen) atoms. The minimum atomic E-state index is -0.559. The minimum Gasteiger partial charge on any atom is -0.496 e. The molecule has 1 rings (SSSR count). The summed E-state index contributed by atoms with van der Waals surface area (Å²) in [7, 11) is 3.01.